The van der Waals surface area contributed by atoms with Crippen LogP contribution in [0.4, 0.5) is 0 Å². The lowest BCUT2D eigenvalue weighted by Gasteiger charge is -2.29. The Morgan fingerprint density at radius 3 is 2.75 bits per heavy atom. The molecule has 4 nitrogen and oxygen atoms in total. The van der Waals surface area contributed by atoms with Gasteiger partial charge < -0.3 is 15.7 Å². The van der Waals surface area contributed by atoms with E-state index in [9.17, 15) is 9.90 Å². The van der Waals surface area contributed by atoms with Crippen LogP contribution in [0.3, 0.4) is 0 Å². The maximum absolute atomic E-state index is 12.6. The van der Waals surface area contributed by atoms with E-state index in [2.05, 4.69) is 17.6 Å². The van der Waals surface area contributed by atoms with Gasteiger partial charge >= 0.3 is 0 Å². The van der Waals surface area contributed by atoms with Gasteiger partial charge in [-0.1, -0.05) is 43.7 Å². The fraction of sp³-hybridized carbons (Fsp3) is 0.562. The molecule has 2 atom stereocenters. The Morgan fingerprint density at radius 2 is 2.20 bits per heavy atom. The maximum Gasteiger partial charge on any atom is 0.228 e. The van der Waals surface area contributed by atoms with E-state index >= 15 is 0 Å². The standard InChI is InChI=1S/C16H24N2O2/c1-2-8-16(9-10-17-12-16)15(20)18-14(11-19)13-6-4-3-5-7-13/h3-7,14,17,19H,2,8-12H2,1H3,(H,18,20)/t14-,16?/m1/s1. The van der Waals surface area contributed by atoms with Crippen LogP contribution < -0.4 is 10.6 Å². The first-order chi connectivity index (χ1) is 9.72. The van der Waals surface area contributed by atoms with Crippen LogP contribution in [0.2, 0.25) is 0 Å². The average molecular weight is 276 g/mol. The Hall–Kier alpha value is -1.39. The average Bonchev–Trinajstić information content (AvgIpc) is 2.96. The van der Waals surface area contributed by atoms with Gasteiger partial charge in [0.1, 0.15) is 0 Å². The Labute approximate surface area is 120 Å². The Bertz CT molecular complexity index is 427. The Morgan fingerprint density at radius 1 is 1.45 bits per heavy atom. The molecule has 0 aliphatic carbocycles. The zero-order chi connectivity index (χ0) is 14.4. The summed E-state index contributed by atoms with van der Waals surface area (Å²) < 4.78 is 0. The maximum atomic E-state index is 12.6. The monoisotopic (exact) mass is 276 g/mol. The van der Waals surface area contributed by atoms with Gasteiger partial charge in [0.2, 0.25) is 5.91 Å². The zero-order valence-corrected chi connectivity index (χ0v) is 12.1. The van der Waals surface area contributed by atoms with Gasteiger partial charge in [0.05, 0.1) is 18.1 Å². The molecule has 1 amide bonds. The van der Waals surface area contributed by atoms with Crippen molar-refractivity contribution in [1.82, 2.24) is 10.6 Å². The molecule has 0 spiro atoms. The fourth-order valence-electron chi connectivity index (χ4n) is 2.97. The van der Waals surface area contributed by atoms with Gasteiger partial charge in [-0.25, -0.2) is 0 Å². The lowest BCUT2D eigenvalue weighted by molar-refractivity contribution is -0.131. The molecule has 20 heavy (non-hydrogen) atoms. The van der Waals surface area contributed by atoms with Crippen LogP contribution in [-0.2, 0) is 4.79 Å². The van der Waals surface area contributed by atoms with Gasteiger partial charge in [-0.3, -0.25) is 4.79 Å². The van der Waals surface area contributed by atoms with Gasteiger partial charge in [-0.2, -0.15) is 0 Å². The number of hydrogen-bond donors (Lipinski definition) is 3. The third-order valence-corrected chi connectivity index (χ3v) is 4.14. The molecule has 0 saturated carbocycles. The van der Waals surface area contributed by atoms with Gasteiger partial charge in [-0.05, 0) is 24.9 Å². The number of hydrogen-bond acceptors (Lipinski definition) is 3. The SMILES string of the molecule is CCCC1(C(=O)N[C@H](CO)c2ccccc2)CCNC1. The highest BCUT2D eigenvalue weighted by Gasteiger charge is 2.40. The van der Waals surface area contributed by atoms with Crippen LogP contribution in [-0.4, -0.2) is 30.7 Å². The third-order valence-electron chi connectivity index (χ3n) is 4.14. The number of nitrogens with one attached hydrogen (secondary N) is 2. The third kappa shape index (κ3) is 3.19. The van der Waals surface area contributed by atoms with E-state index < -0.39 is 0 Å². The highest BCUT2D eigenvalue weighted by atomic mass is 16.3. The number of carbonyl (C=O) groups is 1. The quantitative estimate of drug-likeness (QED) is 0.740. The number of carbonyl (C=O) groups excluding carboxylic acids is 1. The summed E-state index contributed by atoms with van der Waals surface area (Å²) in [5.41, 5.74) is 0.637. The van der Waals surface area contributed by atoms with Gasteiger partial charge in [0, 0.05) is 6.54 Å². The minimum atomic E-state index is -0.321. The molecule has 0 bridgehead atoms. The lowest BCUT2D eigenvalue weighted by Crippen LogP contribution is -2.44. The number of aliphatic hydroxyl groups excluding tert-OH is 1. The van der Waals surface area contributed by atoms with E-state index in [1.54, 1.807) is 0 Å². The first-order valence-corrected chi connectivity index (χ1v) is 7.39. The lowest BCUT2D eigenvalue weighted by atomic mass is 9.81. The van der Waals surface area contributed by atoms with Crippen LogP contribution in [0, 0.1) is 5.41 Å². The molecule has 1 fully saturated rings. The molecule has 4 heteroatoms. The molecule has 110 valence electrons. The predicted molar refractivity (Wildman–Crippen MR) is 79.2 cm³/mol. The molecule has 2 rings (SSSR count). The molecule has 1 aliphatic heterocycles. The smallest absolute Gasteiger partial charge is 0.228 e. The second-order valence-corrected chi connectivity index (χ2v) is 5.58. The highest BCUT2D eigenvalue weighted by Crippen LogP contribution is 2.32. The van der Waals surface area contributed by atoms with E-state index in [1.165, 1.54) is 0 Å². The highest BCUT2D eigenvalue weighted by molar-refractivity contribution is 5.83. The molecule has 3 N–H and O–H groups in total. The van der Waals surface area contributed by atoms with Crippen molar-refractivity contribution in [3.05, 3.63) is 35.9 Å². The first-order valence-electron chi connectivity index (χ1n) is 7.39. The normalized spacial score (nSPS) is 23.5. The summed E-state index contributed by atoms with van der Waals surface area (Å²) in [5, 5.41) is 15.9. The molecule has 0 aromatic heterocycles. The molecule has 1 aromatic rings. The summed E-state index contributed by atoms with van der Waals surface area (Å²) in [6.07, 6.45) is 2.75. The van der Waals surface area contributed by atoms with Crippen LogP contribution in [0.25, 0.3) is 0 Å². The van der Waals surface area contributed by atoms with Crippen molar-refractivity contribution in [3.8, 4) is 0 Å². The summed E-state index contributed by atoms with van der Waals surface area (Å²) in [6.45, 7) is 3.65. The molecule has 1 unspecified atom stereocenters. The first kappa shape index (κ1) is 15.0. The number of benzene rings is 1. The van der Waals surface area contributed by atoms with Gasteiger partial charge in [0.15, 0.2) is 0 Å². The molecule has 1 saturated heterocycles. The van der Waals surface area contributed by atoms with Gasteiger partial charge in [0.25, 0.3) is 0 Å². The van der Waals surface area contributed by atoms with Crippen molar-refractivity contribution >= 4 is 5.91 Å². The van der Waals surface area contributed by atoms with Crippen LogP contribution in [0.1, 0.15) is 37.8 Å². The van der Waals surface area contributed by atoms with Gasteiger partial charge in [-0.15, -0.1) is 0 Å². The molecular formula is C16H24N2O2. The number of amides is 1. The molecule has 1 aliphatic rings. The molecule has 0 radical (unpaired) electrons. The summed E-state index contributed by atoms with van der Waals surface area (Å²) in [6, 6.07) is 9.31. The number of aliphatic hydroxyl groups is 1. The van der Waals surface area contributed by atoms with Crippen molar-refractivity contribution < 1.29 is 9.90 Å². The minimum Gasteiger partial charge on any atom is -0.394 e. The predicted octanol–water partition coefficient (Wildman–Crippen LogP) is 1.62. The van der Waals surface area contributed by atoms with E-state index in [0.717, 1.165) is 37.9 Å². The Balaban J connectivity index is 2.08. The van der Waals surface area contributed by atoms with E-state index in [0.29, 0.717) is 0 Å². The van der Waals surface area contributed by atoms with Crippen molar-refractivity contribution in [3.63, 3.8) is 0 Å². The van der Waals surface area contributed by atoms with Crippen molar-refractivity contribution in [1.29, 1.82) is 0 Å². The van der Waals surface area contributed by atoms with Crippen molar-refractivity contribution in [2.75, 3.05) is 19.7 Å². The van der Waals surface area contributed by atoms with Crippen LogP contribution in [0.15, 0.2) is 30.3 Å². The topological polar surface area (TPSA) is 61.4 Å². The summed E-state index contributed by atoms with van der Waals surface area (Å²) in [7, 11) is 0. The van der Waals surface area contributed by atoms with Crippen molar-refractivity contribution in [2.24, 2.45) is 5.41 Å². The second-order valence-electron chi connectivity index (χ2n) is 5.58. The minimum absolute atomic E-state index is 0.0623. The van der Waals surface area contributed by atoms with Crippen LogP contribution in [0.5, 0.6) is 0 Å². The number of rotatable bonds is 6. The Kier molecular flexibility index (Phi) is 5.15. The van der Waals surface area contributed by atoms with E-state index in [1.807, 2.05) is 30.3 Å². The summed E-state index contributed by atoms with van der Waals surface area (Å²) >= 11 is 0. The molecule has 1 heterocycles. The van der Waals surface area contributed by atoms with Crippen LogP contribution >= 0.6 is 0 Å². The summed E-state index contributed by atoms with van der Waals surface area (Å²) in [5.74, 6) is 0.0623. The van der Waals surface area contributed by atoms with E-state index in [-0.39, 0.29) is 24.0 Å². The molecular weight excluding hydrogens is 252 g/mol. The van der Waals surface area contributed by atoms with Crippen molar-refractivity contribution in [2.45, 2.75) is 32.2 Å². The largest absolute Gasteiger partial charge is 0.394 e. The molecule has 1 aromatic carbocycles. The fourth-order valence-corrected chi connectivity index (χ4v) is 2.97. The zero-order valence-electron chi connectivity index (χ0n) is 12.1. The second kappa shape index (κ2) is 6.86. The summed E-state index contributed by atoms with van der Waals surface area (Å²) in [4.78, 5) is 12.6. The van der Waals surface area contributed by atoms with E-state index in [4.69, 9.17) is 0 Å².